The lowest BCUT2D eigenvalue weighted by Crippen LogP contribution is -2.53. The second-order valence-electron chi connectivity index (χ2n) is 10.7. The Hall–Kier alpha value is -0.420. The van der Waals surface area contributed by atoms with E-state index in [1.807, 2.05) is 0 Å². The van der Waals surface area contributed by atoms with E-state index in [2.05, 4.69) is 19.9 Å². The summed E-state index contributed by atoms with van der Waals surface area (Å²) in [5.74, 6) is 1.96. The molecule has 0 aromatic carbocycles. The predicted octanol–water partition coefficient (Wildman–Crippen LogP) is 3.98. The second-order valence-corrected chi connectivity index (χ2v) is 10.7. The number of ether oxygens (including phenoxy) is 4. The molecule has 2 heterocycles. The van der Waals surface area contributed by atoms with Gasteiger partial charge in [0, 0.05) is 24.9 Å². The highest BCUT2D eigenvalue weighted by molar-refractivity contribution is 5.44. The molecule has 7 rings (SSSR count). The maximum absolute atomic E-state index is 6.70. The zero-order valence-corrected chi connectivity index (χ0v) is 16.7. The van der Waals surface area contributed by atoms with Gasteiger partial charge in [0.1, 0.15) is 11.2 Å². The Morgan fingerprint density at radius 2 is 2.04 bits per heavy atom. The van der Waals surface area contributed by atoms with E-state index in [1.165, 1.54) is 32.1 Å². The van der Waals surface area contributed by atoms with Crippen LogP contribution in [0, 0.1) is 23.2 Å². The van der Waals surface area contributed by atoms with Crippen molar-refractivity contribution in [1.29, 1.82) is 0 Å². The average molecular weight is 373 g/mol. The first-order valence-electron chi connectivity index (χ1n) is 11.3. The summed E-state index contributed by atoms with van der Waals surface area (Å²) in [5, 5.41) is 0. The van der Waals surface area contributed by atoms with Gasteiger partial charge in [-0.3, -0.25) is 0 Å². The van der Waals surface area contributed by atoms with E-state index >= 15 is 0 Å². The van der Waals surface area contributed by atoms with Crippen molar-refractivity contribution in [3.8, 4) is 0 Å². The summed E-state index contributed by atoms with van der Waals surface area (Å²) in [4.78, 5) is 0. The van der Waals surface area contributed by atoms with E-state index in [4.69, 9.17) is 18.9 Å². The number of epoxide rings is 1. The molecule has 2 aliphatic heterocycles. The van der Waals surface area contributed by atoms with E-state index in [0.717, 1.165) is 50.9 Å². The Bertz CT molecular complexity index is 741. The highest BCUT2D eigenvalue weighted by Crippen LogP contribution is 2.78. The van der Waals surface area contributed by atoms with E-state index < -0.39 is 0 Å². The van der Waals surface area contributed by atoms with Gasteiger partial charge in [-0.25, -0.2) is 0 Å². The van der Waals surface area contributed by atoms with Crippen LogP contribution < -0.4 is 0 Å². The molecule has 5 aliphatic carbocycles. The molecule has 4 heteroatoms. The van der Waals surface area contributed by atoms with Crippen molar-refractivity contribution in [2.45, 2.75) is 87.8 Å². The van der Waals surface area contributed by atoms with Gasteiger partial charge in [0.25, 0.3) is 0 Å². The molecular formula is C23H32O4. The Morgan fingerprint density at radius 1 is 1.19 bits per heavy atom. The monoisotopic (exact) mass is 372 g/mol. The van der Waals surface area contributed by atoms with Crippen LogP contribution in [-0.4, -0.2) is 42.4 Å². The van der Waals surface area contributed by atoms with E-state index in [1.54, 1.807) is 5.57 Å². The summed E-state index contributed by atoms with van der Waals surface area (Å²) in [5.41, 5.74) is 2.21. The van der Waals surface area contributed by atoms with Gasteiger partial charge in [-0.05, 0) is 68.8 Å². The van der Waals surface area contributed by atoms with Crippen molar-refractivity contribution in [1.82, 2.24) is 0 Å². The van der Waals surface area contributed by atoms with Gasteiger partial charge in [0.2, 0.25) is 0 Å². The standard InChI is InChI=1S/C23H32O4/c1-3-24-23-13-15(23)12-18-16-4-7-20-14-21(25-10-11-26-21)8-9-22(20,27-20)17(16)5-6-19(18,23)2/h5,15-16,18H,3-4,6-14H2,1-2H3/t15-,16+,18-,19-,20+,22+,23-/m0/s1. The molecule has 0 aromatic heterocycles. The smallest absolute Gasteiger partial charge is 0.171 e. The third-order valence-corrected chi connectivity index (χ3v) is 10.0. The first-order chi connectivity index (χ1) is 13.0. The van der Waals surface area contributed by atoms with E-state index in [0.29, 0.717) is 11.3 Å². The molecule has 7 aliphatic rings. The SMILES string of the molecule is CCO[C@@]12C[C@@H]1C[C@H]1[C@@H]3CC[C@@]45CC6(CC[C@@]4(O5)C3=CC[C@@]12C)OCCO6. The molecule has 2 saturated heterocycles. The van der Waals surface area contributed by atoms with Gasteiger partial charge >= 0.3 is 0 Å². The molecule has 4 nitrogen and oxygen atoms in total. The summed E-state index contributed by atoms with van der Waals surface area (Å²) < 4.78 is 25.3. The largest absolute Gasteiger partial charge is 0.374 e. The zero-order chi connectivity index (χ0) is 18.1. The predicted molar refractivity (Wildman–Crippen MR) is 99.1 cm³/mol. The molecule has 7 atom stereocenters. The van der Waals surface area contributed by atoms with Crippen LogP contribution >= 0.6 is 0 Å². The summed E-state index contributed by atoms with van der Waals surface area (Å²) in [6.45, 7) is 7.06. The minimum Gasteiger partial charge on any atom is -0.374 e. The van der Waals surface area contributed by atoms with Crippen LogP contribution in [0.15, 0.2) is 11.6 Å². The minimum absolute atomic E-state index is 0.00476. The van der Waals surface area contributed by atoms with Gasteiger partial charge < -0.3 is 18.9 Å². The van der Waals surface area contributed by atoms with Crippen LogP contribution in [0.3, 0.4) is 0 Å². The summed E-state index contributed by atoms with van der Waals surface area (Å²) >= 11 is 0. The normalized spacial score (nSPS) is 58.6. The fourth-order valence-electron chi connectivity index (χ4n) is 8.80. The number of hydrogen-bond donors (Lipinski definition) is 0. The Balaban J connectivity index is 1.23. The van der Waals surface area contributed by atoms with Crippen LogP contribution in [0.25, 0.3) is 0 Å². The Morgan fingerprint density at radius 3 is 2.85 bits per heavy atom. The molecule has 0 bridgehead atoms. The minimum atomic E-state index is -0.343. The van der Waals surface area contributed by atoms with Crippen LogP contribution in [-0.2, 0) is 18.9 Å². The molecule has 6 fully saturated rings. The van der Waals surface area contributed by atoms with Gasteiger partial charge in [0.15, 0.2) is 5.79 Å². The molecule has 4 saturated carbocycles. The van der Waals surface area contributed by atoms with Crippen molar-refractivity contribution in [2.24, 2.45) is 23.2 Å². The lowest BCUT2D eigenvalue weighted by atomic mass is 9.53. The molecule has 0 aromatic rings. The number of allylic oxidation sites excluding steroid dienone is 1. The number of hydrogen-bond acceptors (Lipinski definition) is 4. The van der Waals surface area contributed by atoms with Crippen LogP contribution in [0.4, 0.5) is 0 Å². The third kappa shape index (κ3) is 1.66. The van der Waals surface area contributed by atoms with Crippen LogP contribution in [0.1, 0.15) is 65.2 Å². The van der Waals surface area contributed by atoms with Gasteiger partial charge in [-0.1, -0.05) is 13.0 Å². The van der Waals surface area contributed by atoms with E-state index in [9.17, 15) is 0 Å². The third-order valence-electron chi connectivity index (χ3n) is 10.0. The Kier molecular flexibility index (Phi) is 2.83. The van der Waals surface area contributed by atoms with Gasteiger partial charge in [-0.15, -0.1) is 0 Å². The molecule has 0 radical (unpaired) electrons. The second kappa shape index (κ2) is 4.66. The summed E-state index contributed by atoms with van der Waals surface area (Å²) in [6.07, 6.45) is 11.9. The van der Waals surface area contributed by atoms with Crippen molar-refractivity contribution in [2.75, 3.05) is 19.8 Å². The first-order valence-corrected chi connectivity index (χ1v) is 11.3. The summed E-state index contributed by atoms with van der Waals surface area (Å²) in [6, 6.07) is 0. The fraction of sp³-hybridized carbons (Fsp3) is 0.913. The molecule has 1 spiro atoms. The van der Waals surface area contributed by atoms with Crippen molar-refractivity contribution < 1.29 is 18.9 Å². The molecule has 0 unspecified atom stereocenters. The van der Waals surface area contributed by atoms with E-state index in [-0.39, 0.29) is 22.6 Å². The van der Waals surface area contributed by atoms with Crippen molar-refractivity contribution >= 4 is 0 Å². The van der Waals surface area contributed by atoms with Gasteiger partial charge in [0.05, 0.1) is 18.8 Å². The lowest BCUT2D eigenvalue weighted by molar-refractivity contribution is -0.185. The number of rotatable bonds is 2. The van der Waals surface area contributed by atoms with Crippen LogP contribution in [0.2, 0.25) is 0 Å². The molecule has 27 heavy (non-hydrogen) atoms. The highest BCUT2D eigenvalue weighted by Gasteiger charge is 2.81. The quantitative estimate of drug-likeness (QED) is 0.543. The maximum Gasteiger partial charge on any atom is 0.171 e. The molecule has 0 amide bonds. The molecule has 0 N–H and O–H groups in total. The zero-order valence-electron chi connectivity index (χ0n) is 16.7. The average Bonchev–Trinajstić information content (AvgIpc) is 3.45. The summed E-state index contributed by atoms with van der Waals surface area (Å²) in [7, 11) is 0. The van der Waals surface area contributed by atoms with Crippen molar-refractivity contribution in [3.63, 3.8) is 0 Å². The Labute approximate surface area is 161 Å². The maximum atomic E-state index is 6.70. The van der Waals surface area contributed by atoms with Gasteiger partial charge in [-0.2, -0.15) is 0 Å². The fourth-order valence-corrected chi connectivity index (χ4v) is 8.80. The first kappa shape index (κ1) is 16.4. The lowest BCUT2D eigenvalue weighted by Gasteiger charge is -2.51. The molecular weight excluding hydrogens is 340 g/mol. The topological polar surface area (TPSA) is 40.2 Å². The van der Waals surface area contributed by atoms with Crippen molar-refractivity contribution in [3.05, 3.63) is 11.6 Å². The highest BCUT2D eigenvalue weighted by atomic mass is 16.7. The van der Waals surface area contributed by atoms with Crippen LogP contribution in [0.5, 0.6) is 0 Å². The number of fused-ring (bicyclic) bond motifs is 5. The molecule has 148 valence electrons.